The van der Waals surface area contributed by atoms with Crippen molar-refractivity contribution in [3.63, 3.8) is 0 Å². The van der Waals surface area contributed by atoms with Crippen LogP contribution in [0.5, 0.6) is 0 Å². The zero-order valence-electron chi connectivity index (χ0n) is 4.46. The van der Waals surface area contributed by atoms with Gasteiger partial charge in [-0.3, -0.25) is 4.57 Å². The fraction of sp³-hybridized carbons (Fsp3) is 1.00. The molecular formula is C2H7LiO3P. The summed E-state index contributed by atoms with van der Waals surface area (Å²) in [6.07, 6.45) is -0.0625. The Balaban J connectivity index is 0. The third kappa shape index (κ3) is 10.8. The SMILES string of the molecule is CCP(=O)(O)O.[Li]. The molecule has 0 aromatic heterocycles. The van der Waals surface area contributed by atoms with Gasteiger partial charge in [-0.05, 0) is 0 Å². The van der Waals surface area contributed by atoms with E-state index in [0.29, 0.717) is 0 Å². The third-order valence-electron chi connectivity index (χ3n) is 0.412. The summed E-state index contributed by atoms with van der Waals surface area (Å²) in [5.74, 6) is 0. The van der Waals surface area contributed by atoms with Crippen LogP contribution in [-0.4, -0.2) is 34.8 Å². The molecule has 3 nitrogen and oxygen atoms in total. The van der Waals surface area contributed by atoms with Crippen LogP contribution in [0.25, 0.3) is 0 Å². The molecule has 0 aromatic carbocycles. The zero-order valence-corrected chi connectivity index (χ0v) is 5.35. The molecule has 0 amide bonds. The predicted molar refractivity (Wildman–Crippen MR) is 28.3 cm³/mol. The van der Waals surface area contributed by atoms with E-state index >= 15 is 0 Å². The molecule has 0 saturated carbocycles. The van der Waals surface area contributed by atoms with E-state index < -0.39 is 7.60 Å². The van der Waals surface area contributed by atoms with Gasteiger partial charge in [-0.25, -0.2) is 0 Å². The van der Waals surface area contributed by atoms with Crippen molar-refractivity contribution in [1.82, 2.24) is 0 Å². The topological polar surface area (TPSA) is 57.5 Å². The van der Waals surface area contributed by atoms with Crippen LogP contribution in [0.3, 0.4) is 0 Å². The second kappa shape index (κ2) is 3.71. The maximum Gasteiger partial charge on any atom is 0.325 e. The molecule has 0 aliphatic rings. The van der Waals surface area contributed by atoms with Crippen molar-refractivity contribution in [2.24, 2.45) is 0 Å². The maximum absolute atomic E-state index is 9.69. The summed E-state index contributed by atoms with van der Waals surface area (Å²) in [4.78, 5) is 15.9. The first-order valence-corrected chi connectivity index (χ1v) is 3.40. The van der Waals surface area contributed by atoms with Crippen LogP contribution in [-0.2, 0) is 4.57 Å². The second-order valence-corrected chi connectivity index (χ2v) is 2.94. The Morgan fingerprint density at radius 1 is 1.57 bits per heavy atom. The van der Waals surface area contributed by atoms with Crippen molar-refractivity contribution in [3.8, 4) is 0 Å². The molecule has 0 saturated heterocycles. The first-order valence-electron chi connectivity index (χ1n) is 1.61. The van der Waals surface area contributed by atoms with Crippen LogP contribution >= 0.6 is 7.60 Å². The van der Waals surface area contributed by atoms with Crippen molar-refractivity contribution in [2.45, 2.75) is 6.92 Å². The molecule has 0 fully saturated rings. The standard InChI is InChI=1S/C2H7O3P.Li/c1-2-6(3,4)5;/h2H2,1H3,(H2,3,4,5);. The van der Waals surface area contributed by atoms with Crippen LogP contribution in [0.15, 0.2) is 0 Å². The van der Waals surface area contributed by atoms with E-state index in [1.807, 2.05) is 0 Å². The van der Waals surface area contributed by atoms with Gasteiger partial charge in [-0.15, -0.1) is 0 Å². The first-order chi connectivity index (χ1) is 2.56. The fourth-order valence-corrected chi connectivity index (χ4v) is 0. The summed E-state index contributed by atoms with van der Waals surface area (Å²) < 4.78 is 9.69. The Hall–Kier alpha value is 0.747. The van der Waals surface area contributed by atoms with Crippen LogP contribution in [0.1, 0.15) is 6.92 Å². The quantitative estimate of drug-likeness (QED) is 0.369. The molecule has 0 unspecified atom stereocenters. The summed E-state index contributed by atoms with van der Waals surface area (Å²) in [7, 11) is -3.65. The number of hydrogen-bond acceptors (Lipinski definition) is 1. The van der Waals surface area contributed by atoms with Crippen molar-refractivity contribution < 1.29 is 14.4 Å². The predicted octanol–water partition coefficient (Wildman–Crippen LogP) is -0.197. The molecule has 7 heavy (non-hydrogen) atoms. The molecule has 0 rings (SSSR count). The minimum absolute atomic E-state index is 0. The fourth-order valence-electron chi connectivity index (χ4n) is 0. The monoisotopic (exact) mass is 117 g/mol. The Labute approximate surface area is 54.5 Å². The van der Waals surface area contributed by atoms with Crippen molar-refractivity contribution in [3.05, 3.63) is 0 Å². The van der Waals surface area contributed by atoms with Gasteiger partial charge in [-0.2, -0.15) is 0 Å². The van der Waals surface area contributed by atoms with Crippen molar-refractivity contribution >= 4 is 26.5 Å². The summed E-state index contributed by atoms with van der Waals surface area (Å²) in [5, 5.41) is 0. The molecule has 0 aliphatic carbocycles. The molecule has 2 N–H and O–H groups in total. The van der Waals surface area contributed by atoms with Crippen LogP contribution in [0.4, 0.5) is 0 Å². The van der Waals surface area contributed by atoms with E-state index in [0.717, 1.165) is 0 Å². The van der Waals surface area contributed by atoms with Gasteiger partial charge in [0, 0.05) is 25.0 Å². The van der Waals surface area contributed by atoms with E-state index in [4.69, 9.17) is 9.79 Å². The van der Waals surface area contributed by atoms with Gasteiger partial charge in [-0.1, -0.05) is 6.92 Å². The van der Waals surface area contributed by atoms with Crippen LogP contribution in [0, 0.1) is 0 Å². The van der Waals surface area contributed by atoms with E-state index in [1.54, 1.807) is 0 Å². The van der Waals surface area contributed by atoms with Crippen LogP contribution in [0.2, 0.25) is 0 Å². The van der Waals surface area contributed by atoms with Gasteiger partial charge in [0.1, 0.15) is 0 Å². The third-order valence-corrected chi connectivity index (χ3v) is 1.24. The molecule has 0 atom stereocenters. The average molecular weight is 117 g/mol. The zero-order chi connectivity index (χ0) is 5.21. The minimum Gasteiger partial charge on any atom is -0.324 e. The molecule has 39 valence electrons. The Morgan fingerprint density at radius 2 is 1.71 bits per heavy atom. The van der Waals surface area contributed by atoms with Crippen molar-refractivity contribution in [1.29, 1.82) is 0 Å². The summed E-state index contributed by atoms with van der Waals surface area (Å²) in [6, 6.07) is 0. The smallest absolute Gasteiger partial charge is 0.324 e. The van der Waals surface area contributed by atoms with Gasteiger partial charge in [0.2, 0.25) is 0 Å². The second-order valence-electron chi connectivity index (χ2n) is 0.981. The molecule has 0 aromatic rings. The van der Waals surface area contributed by atoms with Gasteiger partial charge in [0.15, 0.2) is 0 Å². The number of rotatable bonds is 1. The van der Waals surface area contributed by atoms with Crippen molar-refractivity contribution in [2.75, 3.05) is 6.16 Å². The average Bonchev–Trinajstić information content (AvgIpc) is 1.35. The summed E-state index contributed by atoms with van der Waals surface area (Å²) >= 11 is 0. The van der Waals surface area contributed by atoms with E-state index in [9.17, 15) is 4.57 Å². The minimum atomic E-state index is -3.65. The number of hydrogen-bond donors (Lipinski definition) is 2. The van der Waals surface area contributed by atoms with Gasteiger partial charge in [0.25, 0.3) is 0 Å². The first kappa shape index (κ1) is 10.7. The summed E-state index contributed by atoms with van der Waals surface area (Å²) in [6.45, 7) is 1.45. The molecule has 0 bridgehead atoms. The Bertz CT molecular complexity index is 77.0. The Kier molecular flexibility index (Phi) is 5.66. The molecule has 0 spiro atoms. The molecular weight excluding hydrogens is 110 g/mol. The van der Waals surface area contributed by atoms with E-state index in [1.165, 1.54) is 6.92 Å². The normalized spacial score (nSPS) is 10.1. The summed E-state index contributed by atoms with van der Waals surface area (Å²) in [5.41, 5.74) is 0. The maximum atomic E-state index is 9.69. The molecule has 1 radical (unpaired) electrons. The largest absolute Gasteiger partial charge is 0.325 e. The Morgan fingerprint density at radius 3 is 1.71 bits per heavy atom. The van der Waals surface area contributed by atoms with Gasteiger partial charge >= 0.3 is 7.60 Å². The van der Waals surface area contributed by atoms with Gasteiger partial charge < -0.3 is 9.79 Å². The molecule has 0 heterocycles. The van der Waals surface area contributed by atoms with Crippen LogP contribution < -0.4 is 0 Å². The molecule has 5 heteroatoms. The van der Waals surface area contributed by atoms with E-state index in [-0.39, 0.29) is 25.0 Å². The van der Waals surface area contributed by atoms with Gasteiger partial charge in [0.05, 0.1) is 0 Å². The molecule has 0 aliphatic heterocycles. The van der Waals surface area contributed by atoms with E-state index in [2.05, 4.69) is 0 Å².